The highest BCUT2D eigenvalue weighted by Crippen LogP contribution is 2.28. The van der Waals surface area contributed by atoms with E-state index < -0.39 is 0 Å². The molecule has 0 aliphatic carbocycles. The van der Waals surface area contributed by atoms with Crippen molar-refractivity contribution in [2.75, 3.05) is 13.1 Å². The Balaban J connectivity index is 1.56. The third-order valence-electron chi connectivity index (χ3n) is 4.44. The molecule has 0 aromatic carbocycles. The van der Waals surface area contributed by atoms with Crippen LogP contribution in [0.1, 0.15) is 50.7 Å². The Labute approximate surface area is 120 Å². The molecule has 0 bridgehead atoms. The monoisotopic (exact) mass is 279 g/mol. The van der Waals surface area contributed by atoms with Gasteiger partial charge < -0.3 is 5.32 Å². The summed E-state index contributed by atoms with van der Waals surface area (Å²) in [7, 11) is 0. The highest BCUT2D eigenvalue weighted by molar-refractivity contribution is 7.09. The summed E-state index contributed by atoms with van der Waals surface area (Å²) in [6, 6.07) is 1.48. The Bertz CT molecular complexity index is 435. The minimum atomic E-state index is 0.171. The Hall–Kier alpha value is -0.450. The van der Waals surface area contributed by atoms with E-state index in [2.05, 4.69) is 36.4 Å². The van der Waals surface area contributed by atoms with Gasteiger partial charge in [0.15, 0.2) is 0 Å². The van der Waals surface area contributed by atoms with Crippen molar-refractivity contribution >= 4 is 11.3 Å². The van der Waals surface area contributed by atoms with E-state index >= 15 is 0 Å². The number of hydrogen-bond donors (Lipinski definition) is 1. The Morgan fingerprint density at radius 2 is 2.21 bits per heavy atom. The van der Waals surface area contributed by atoms with E-state index in [1.54, 1.807) is 11.3 Å². The molecule has 2 fully saturated rings. The van der Waals surface area contributed by atoms with Crippen LogP contribution in [0.25, 0.3) is 0 Å². The Kier molecular flexibility index (Phi) is 3.67. The van der Waals surface area contributed by atoms with Crippen LogP contribution in [-0.4, -0.2) is 35.1 Å². The molecule has 2 aliphatic heterocycles. The molecule has 4 heteroatoms. The van der Waals surface area contributed by atoms with Crippen LogP contribution < -0.4 is 5.32 Å². The largest absolute Gasteiger partial charge is 0.306 e. The molecule has 1 N–H and O–H groups in total. The van der Waals surface area contributed by atoms with E-state index in [0.29, 0.717) is 6.04 Å². The van der Waals surface area contributed by atoms with Gasteiger partial charge in [-0.25, -0.2) is 4.98 Å². The summed E-state index contributed by atoms with van der Waals surface area (Å²) < 4.78 is 0. The first kappa shape index (κ1) is 13.5. The lowest BCUT2D eigenvalue weighted by Gasteiger charge is -2.20. The van der Waals surface area contributed by atoms with Crippen molar-refractivity contribution in [2.45, 2.75) is 64.1 Å². The van der Waals surface area contributed by atoms with Crippen LogP contribution in [0.15, 0.2) is 5.38 Å². The number of thiazole rings is 1. The summed E-state index contributed by atoms with van der Waals surface area (Å²) in [5.74, 6) is 0. The third-order valence-corrected chi connectivity index (χ3v) is 5.29. The molecule has 1 aromatic rings. The number of aromatic nitrogens is 1. The second kappa shape index (κ2) is 5.15. The van der Waals surface area contributed by atoms with Gasteiger partial charge >= 0.3 is 0 Å². The molecular formula is C15H25N3S. The zero-order valence-corrected chi connectivity index (χ0v) is 13.1. The zero-order valence-electron chi connectivity index (χ0n) is 12.3. The molecule has 3 nitrogen and oxygen atoms in total. The molecule has 106 valence electrons. The first-order valence-corrected chi connectivity index (χ1v) is 8.34. The fraction of sp³-hybridized carbons (Fsp3) is 0.800. The average Bonchev–Trinajstić information content (AvgIpc) is 3.02. The fourth-order valence-corrected chi connectivity index (χ4v) is 4.25. The van der Waals surface area contributed by atoms with Crippen molar-refractivity contribution in [1.29, 1.82) is 0 Å². The number of nitrogens with one attached hydrogen (secondary N) is 1. The number of hydrogen-bond acceptors (Lipinski definition) is 4. The first-order chi connectivity index (χ1) is 9.04. The molecule has 2 saturated heterocycles. The smallest absolute Gasteiger partial charge is 0.107 e. The standard InChI is InChI=1S/C15H25N3S/c1-15(2,3)13-10-19-14(17-13)9-16-11-6-8-18-7-4-5-12(11)18/h10-12,16H,4-9H2,1-3H3. The average molecular weight is 279 g/mol. The summed E-state index contributed by atoms with van der Waals surface area (Å²) in [5.41, 5.74) is 1.40. The van der Waals surface area contributed by atoms with Crippen molar-refractivity contribution < 1.29 is 0 Å². The normalized spacial score (nSPS) is 27.9. The minimum absolute atomic E-state index is 0.171. The van der Waals surface area contributed by atoms with Crippen LogP contribution >= 0.6 is 11.3 Å². The van der Waals surface area contributed by atoms with Gasteiger partial charge in [-0.3, -0.25) is 4.90 Å². The molecule has 0 amide bonds. The van der Waals surface area contributed by atoms with Crippen LogP contribution in [0.3, 0.4) is 0 Å². The van der Waals surface area contributed by atoms with E-state index in [9.17, 15) is 0 Å². The molecule has 2 unspecified atom stereocenters. The lowest BCUT2D eigenvalue weighted by atomic mass is 9.93. The second-order valence-electron chi connectivity index (χ2n) is 6.90. The van der Waals surface area contributed by atoms with E-state index in [1.807, 2.05) is 0 Å². The summed E-state index contributed by atoms with van der Waals surface area (Å²) in [6.07, 6.45) is 4.07. The summed E-state index contributed by atoms with van der Waals surface area (Å²) in [6.45, 7) is 10.2. The molecular weight excluding hydrogens is 254 g/mol. The Morgan fingerprint density at radius 1 is 1.37 bits per heavy atom. The number of nitrogens with zero attached hydrogens (tertiary/aromatic N) is 2. The van der Waals surface area contributed by atoms with Gasteiger partial charge in [0, 0.05) is 36.0 Å². The molecule has 3 heterocycles. The van der Waals surface area contributed by atoms with Gasteiger partial charge in [0.05, 0.1) is 5.69 Å². The molecule has 1 aromatic heterocycles. The van der Waals surface area contributed by atoms with Crippen LogP contribution in [0.5, 0.6) is 0 Å². The van der Waals surface area contributed by atoms with Gasteiger partial charge in [0.1, 0.15) is 5.01 Å². The van der Waals surface area contributed by atoms with Crippen molar-refractivity contribution in [1.82, 2.24) is 15.2 Å². The number of rotatable bonds is 3. The van der Waals surface area contributed by atoms with Gasteiger partial charge in [-0.15, -0.1) is 11.3 Å². The van der Waals surface area contributed by atoms with E-state index in [0.717, 1.165) is 12.6 Å². The zero-order chi connectivity index (χ0) is 13.5. The van der Waals surface area contributed by atoms with Gasteiger partial charge in [0.25, 0.3) is 0 Å². The molecule has 0 radical (unpaired) electrons. The first-order valence-electron chi connectivity index (χ1n) is 7.46. The van der Waals surface area contributed by atoms with Gasteiger partial charge in [-0.1, -0.05) is 20.8 Å². The molecule has 0 spiro atoms. The van der Waals surface area contributed by atoms with Gasteiger partial charge in [-0.2, -0.15) is 0 Å². The van der Waals surface area contributed by atoms with E-state index in [1.165, 1.54) is 43.1 Å². The van der Waals surface area contributed by atoms with Crippen molar-refractivity contribution in [3.63, 3.8) is 0 Å². The topological polar surface area (TPSA) is 28.2 Å². The van der Waals surface area contributed by atoms with Gasteiger partial charge in [0.2, 0.25) is 0 Å². The maximum atomic E-state index is 4.77. The van der Waals surface area contributed by atoms with E-state index in [4.69, 9.17) is 4.98 Å². The maximum Gasteiger partial charge on any atom is 0.107 e. The Morgan fingerprint density at radius 3 is 2.95 bits per heavy atom. The van der Waals surface area contributed by atoms with Crippen molar-refractivity contribution in [3.8, 4) is 0 Å². The van der Waals surface area contributed by atoms with Crippen LogP contribution in [0.2, 0.25) is 0 Å². The minimum Gasteiger partial charge on any atom is -0.306 e. The van der Waals surface area contributed by atoms with Gasteiger partial charge in [-0.05, 0) is 25.8 Å². The molecule has 2 aliphatic rings. The van der Waals surface area contributed by atoms with Crippen LogP contribution in [0.4, 0.5) is 0 Å². The lowest BCUT2D eigenvalue weighted by molar-refractivity contribution is 0.298. The van der Waals surface area contributed by atoms with Crippen molar-refractivity contribution in [3.05, 3.63) is 16.1 Å². The third kappa shape index (κ3) is 2.86. The summed E-state index contributed by atoms with van der Waals surface area (Å²) in [4.78, 5) is 7.42. The molecule has 3 rings (SSSR count). The lowest BCUT2D eigenvalue weighted by Crippen LogP contribution is -2.38. The molecule has 2 atom stereocenters. The fourth-order valence-electron chi connectivity index (χ4n) is 3.28. The molecule has 19 heavy (non-hydrogen) atoms. The summed E-state index contributed by atoms with van der Waals surface area (Å²) in [5, 5.41) is 7.19. The predicted molar refractivity (Wildman–Crippen MR) is 80.7 cm³/mol. The highest BCUT2D eigenvalue weighted by atomic mass is 32.1. The predicted octanol–water partition coefficient (Wildman–Crippen LogP) is 2.77. The van der Waals surface area contributed by atoms with Crippen LogP contribution in [0, 0.1) is 0 Å². The summed E-state index contributed by atoms with van der Waals surface area (Å²) >= 11 is 1.80. The second-order valence-corrected chi connectivity index (χ2v) is 7.84. The van der Waals surface area contributed by atoms with E-state index in [-0.39, 0.29) is 5.41 Å². The SMILES string of the molecule is CC(C)(C)c1csc(CNC2CCN3CCCC23)n1. The molecule has 0 saturated carbocycles. The quantitative estimate of drug-likeness (QED) is 0.922. The maximum absolute atomic E-state index is 4.77. The highest BCUT2D eigenvalue weighted by Gasteiger charge is 2.36. The number of fused-ring (bicyclic) bond motifs is 1. The van der Waals surface area contributed by atoms with Crippen LogP contribution in [-0.2, 0) is 12.0 Å². The van der Waals surface area contributed by atoms with Crippen molar-refractivity contribution in [2.24, 2.45) is 0 Å².